The van der Waals surface area contributed by atoms with Crippen molar-refractivity contribution in [2.75, 3.05) is 4.90 Å². The molecule has 1 nitrogen and oxygen atoms in total. The third kappa shape index (κ3) is 5.26. The van der Waals surface area contributed by atoms with Crippen LogP contribution in [0, 0.1) is 0 Å². The van der Waals surface area contributed by atoms with Gasteiger partial charge in [-0.1, -0.05) is 214 Å². The molecular weight excluding hydrogens is 807 g/mol. The number of benzene rings is 11. The highest BCUT2D eigenvalue weighted by Crippen LogP contribution is 2.63. The van der Waals surface area contributed by atoms with Gasteiger partial charge in [-0.2, -0.15) is 0 Å². The normalized spacial score (nSPS) is 15.5. The molecule has 0 aliphatic heterocycles. The molecular formula is C66H45N. The summed E-state index contributed by atoms with van der Waals surface area (Å²) in [6.45, 7) is 4.72. The minimum Gasteiger partial charge on any atom is -0.310 e. The number of rotatable bonds is 5. The topological polar surface area (TPSA) is 3.24 Å². The van der Waals surface area contributed by atoms with Crippen molar-refractivity contribution >= 4 is 38.6 Å². The Morgan fingerprint density at radius 2 is 0.896 bits per heavy atom. The third-order valence-corrected chi connectivity index (χ3v) is 15.5. The fraction of sp³-hybridized carbons (Fsp3) is 0.0606. The van der Waals surface area contributed by atoms with E-state index in [1.165, 1.54) is 111 Å². The molecule has 67 heavy (non-hydrogen) atoms. The summed E-state index contributed by atoms with van der Waals surface area (Å²) in [7, 11) is 0. The molecule has 0 saturated heterocycles. The van der Waals surface area contributed by atoms with E-state index in [0.29, 0.717) is 0 Å². The minimum atomic E-state index is -0.565. The van der Waals surface area contributed by atoms with Crippen LogP contribution in [0.5, 0.6) is 0 Å². The molecule has 0 saturated carbocycles. The van der Waals surface area contributed by atoms with E-state index in [2.05, 4.69) is 255 Å². The summed E-state index contributed by atoms with van der Waals surface area (Å²) in [5.74, 6) is 0. The van der Waals surface area contributed by atoms with Gasteiger partial charge in [-0.05, 0) is 141 Å². The van der Waals surface area contributed by atoms with E-state index in [1.54, 1.807) is 0 Å². The van der Waals surface area contributed by atoms with Gasteiger partial charge in [0.05, 0.1) is 11.1 Å². The maximum absolute atomic E-state index is 2.52. The van der Waals surface area contributed by atoms with Gasteiger partial charge in [0.15, 0.2) is 0 Å². The van der Waals surface area contributed by atoms with Gasteiger partial charge in [0.25, 0.3) is 0 Å². The molecule has 3 aliphatic carbocycles. The molecule has 0 N–H and O–H groups in total. The lowest BCUT2D eigenvalue weighted by Gasteiger charge is -2.41. The summed E-state index contributed by atoms with van der Waals surface area (Å²) in [6, 6.07) is 88.9. The van der Waals surface area contributed by atoms with Crippen LogP contribution in [0.15, 0.2) is 237 Å². The average molecular weight is 852 g/mol. The van der Waals surface area contributed by atoms with Crippen LogP contribution in [0.4, 0.5) is 17.1 Å². The molecule has 314 valence electrons. The first-order valence-corrected chi connectivity index (χ1v) is 23.6. The zero-order valence-electron chi connectivity index (χ0n) is 37.5. The van der Waals surface area contributed by atoms with Gasteiger partial charge in [0, 0.05) is 22.4 Å². The Morgan fingerprint density at radius 3 is 1.73 bits per heavy atom. The van der Waals surface area contributed by atoms with Crippen molar-refractivity contribution < 1.29 is 0 Å². The monoisotopic (exact) mass is 851 g/mol. The van der Waals surface area contributed by atoms with Crippen LogP contribution >= 0.6 is 0 Å². The second-order valence-electron chi connectivity index (χ2n) is 19.1. The largest absolute Gasteiger partial charge is 0.310 e. The van der Waals surface area contributed by atoms with Crippen LogP contribution in [-0.2, 0) is 10.8 Å². The van der Waals surface area contributed by atoms with Gasteiger partial charge < -0.3 is 4.90 Å². The highest BCUT2D eigenvalue weighted by Gasteiger charge is 2.50. The van der Waals surface area contributed by atoms with Gasteiger partial charge in [0.2, 0.25) is 0 Å². The Morgan fingerprint density at radius 1 is 0.313 bits per heavy atom. The number of hydrogen-bond acceptors (Lipinski definition) is 1. The Bertz CT molecular complexity index is 3830. The maximum Gasteiger partial charge on any atom is 0.0726 e. The number of anilines is 3. The quantitative estimate of drug-likeness (QED) is 0.167. The summed E-state index contributed by atoms with van der Waals surface area (Å²) < 4.78 is 0. The first-order chi connectivity index (χ1) is 33.0. The lowest BCUT2D eigenvalue weighted by molar-refractivity contribution is 0.660. The predicted molar refractivity (Wildman–Crippen MR) is 281 cm³/mol. The molecule has 3 aliphatic rings. The Balaban J connectivity index is 1.00. The highest BCUT2D eigenvalue weighted by molar-refractivity contribution is 6.13. The molecule has 0 heterocycles. The molecule has 11 aromatic carbocycles. The standard InChI is InChI=1S/C66H45N/c1-65(2)56-26-11-8-23-51(56)53-37-32-46(40-60(53)65)42-30-34-47(35-31-42)67(62-29-13-10-21-49(62)43-16-4-3-5-17-43)48-36-38-54-52-24-9-12-27-57(52)66(61(54)41-48)58-28-15-20-45-19-14-25-55(63(45)58)64-50-22-7-6-18-44(50)33-39-59(64)66/h3-41H,1-2H3. The second kappa shape index (κ2) is 14.1. The van der Waals surface area contributed by atoms with Crippen molar-refractivity contribution in [3.63, 3.8) is 0 Å². The molecule has 0 aromatic heterocycles. The van der Waals surface area contributed by atoms with Gasteiger partial charge in [-0.3, -0.25) is 0 Å². The number of para-hydroxylation sites is 1. The van der Waals surface area contributed by atoms with Crippen molar-refractivity contribution in [3.05, 3.63) is 270 Å². The molecule has 0 fully saturated rings. The third-order valence-electron chi connectivity index (χ3n) is 15.5. The van der Waals surface area contributed by atoms with E-state index in [0.717, 1.165) is 17.1 Å². The van der Waals surface area contributed by atoms with E-state index in [9.17, 15) is 0 Å². The number of fused-ring (bicyclic) bond motifs is 14. The van der Waals surface area contributed by atoms with Crippen LogP contribution in [-0.4, -0.2) is 0 Å². The van der Waals surface area contributed by atoms with E-state index in [-0.39, 0.29) is 5.41 Å². The zero-order chi connectivity index (χ0) is 44.4. The molecule has 0 radical (unpaired) electrons. The molecule has 0 amide bonds. The lowest BCUT2D eigenvalue weighted by Crippen LogP contribution is -2.32. The Kier molecular flexibility index (Phi) is 8.02. The minimum absolute atomic E-state index is 0.0655. The van der Waals surface area contributed by atoms with Crippen molar-refractivity contribution in [2.45, 2.75) is 24.7 Å². The molecule has 1 atom stereocenters. The van der Waals surface area contributed by atoms with E-state index in [1.807, 2.05) is 0 Å². The van der Waals surface area contributed by atoms with E-state index < -0.39 is 5.41 Å². The zero-order valence-corrected chi connectivity index (χ0v) is 37.5. The van der Waals surface area contributed by atoms with Crippen molar-refractivity contribution in [3.8, 4) is 55.6 Å². The summed E-state index contributed by atoms with van der Waals surface area (Å²) >= 11 is 0. The van der Waals surface area contributed by atoms with Gasteiger partial charge in [0.1, 0.15) is 0 Å². The van der Waals surface area contributed by atoms with Gasteiger partial charge in [-0.25, -0.2) is 0 Å². The fourth-order valence-corrected chi connectivity index (χ4v) is 12.5. The van der Waals surface area contributed by atoms with Gasteiger partial charge in [-0.15, -0.1) is 0 Å². The van der Waals surface area contributed by atoms with Crippen molar-refractivity contribution in [1.82, 2.24) is 0 Å². The average Bonchev–Trinajstić information content (AvgIpc) is 3.80. The fourth-order valence-electron chi connectivity index (χ4n) is 12.5. The number of hydrogen-bond donors (Lipinski definition) is 0. The summed E-state index contributed by atoms with van der Waals surface area (Å²) in [5.41, 5.74) is 23.5. The molecule has 1 spiro atoms. The van der Waals surface area contributed by atoms with Crippen molar-refractivity contribution in [1.29, 1.82) is 0 Å². The SMILES string of the molecule is CC1(C)c2ccccc2-c2ccc(-c3ccc(N(c4ccc5c(c4)C4(c6ccccc6-5)c5ccc6ccccc6c5-c5cccc6cccc4c56)c4ccccc4-c4ccccc4)cc3)cc21. The second-order valence-corrected chi connectivity index (χ2v) is 19.1. The smallest absolute Gasteiger partial charge is 0.0726 e. The van der Waals surface area contributed by atoms with E-state index in [4.69, 9.17) is 0 Å². The Hall–Kier alpha value is -8.26. The number of nitrogens with zero attached hydrogens (tertiary/aromatic N) is 1. The van der Waals surface area contributed by atoms with Crippen LogP contribution in [0.3, 0.4) is 0 Å². The van der Waals surface area contributed by atoms with Crippen LogP contribution in [0.1, 0.15) is 47.2 Å². The first kappa shape index (κ1) is 38.1. The van der Waals surface area contributed by atoms with Crippen molar-refractivity contribution in [2.24, 2.45) is 0 Å². The summed E-state index contributed by atoms with van der Waals surface area (Å²) in [4.78, 5) is 2.49. The van der Waals surface area contributed by atoms with Crippen LogP contribution < -0.4 is 4.90 Å². The van der Waals surface area contributed by atoms with E-state index >= 15 is 0 Å². The predicted octanol–water partition coefficient (Wildman–Crippen LogP) is 17.4. The molecule has 11 aromatic rings. The van der Waals surface area contributed by atoms with Gasteiger partial charge >= 0.3 is 0 Å². The summed E-state index contributed by atoms with van der Waals surface area (Å²) in [6.07, 6.45) is 0. The molecule has 14 rings (SSSR count). The Labute approximate surface area is 391 Å². The van der Waals surface area contributed by atoms with Crippen LogP contribution in [0.25, 0.3) is 77.2 Å². The van der Waals surface area contributed by atoms with Crippen LogP contribution in [0.2, 0.25) is 0 Å². The lowest BCUT2D eigenvalue weighted by atomic mass is 9.61. The first-order valence-electron chi connectivity index (χ1n) is 23.6. The molecule has 1 unspecified atom stereocenters. The molecule has 0 bridgehead atoms. The summed E-state index contributed by atoms with van der Waals surface area (Å²) in [5, 5.41) is 5.15. The maximum atomic E-state index is 2.52. The highest BCUT2D eigenvalue weighted by atomic mass is 15.1. The molecule has 1 heteroatoms.